The molecular formula is C11H8F3N3O2. The summed E-state index contributed by atoms with van der Waals surface area (Å²) in [4.78, 5) is 10.9. The molecule has 0 saturated carbocycles. The van der Waals surface area contributed by atoms with E-state index in [2.05, 4.69) is 5.10 Å². The maximum atomic E-state index is 12.4. The summed E-state index contributed by atoms with van der Waals surface area (Å²) in [5, 5.41) is 12.2. The van der Waals surface area contributed by atoms with Crippen molar-refractivity contribution in [1.29, 1.82) is 0 Å². The highest BCUT2D eigenvalue weighted by Gasteiger charge is 2.33. The van der Waals surface area contributed by atoms with Gasteiger partial charge in [0.25, 0.3) is 0 Å². The summed E-state index contributed by atoms with van der Waals surface area (Å²) in [5.74, 6) is -1.26. The van der Waals surface area contributed by atoms with Crippen LogP contribution in [0.15, 0.2) is 30.5 Å². The number of hydrogen-bond acceptors (Lipinski definition) is 3. The fourth-order valence-corrected chi connectivity index (χ4v) is 1.49. The molecule has 8 heteroatoms. The third-order valence-corrected chi connectivity index (χ3v) is 2.41. The molecule has 2 rings (SSSR count). The summed E-state index contributed by atoms with van der Waals surface area (Å²) in [7, 11) is 0. The molecule has 5 nitrogen and oxygen atoms in total. The van der Waals surface area contributed by atoms with E-state index in [0.29, 0.717) is 0 Å². The number of nitrogens with zero attached hydrogens (tertiary/aromatic N) is 2. The SMILES string of the molecule is Nc1ccc(-n2ccc(C(F)(F)F)n2)cc1C(=O)O. The van der Waals surface area contributed by atoms with Crippen LogP contribution in [0.25, 0.3) is 5.69 Å². The molecule has 0 amide bonds. The Morgan fingerprint density at radius 3 is 2.53 bits per heavy atom. The number of carbonyl (C=O) groups is 1. The molecule has 0 fully saturated rings. The van der Waals surface area contributed by atoms with Crippen molar-refractivity contribution in [3.05, 3.63) is 41.7 Å². The number of aromatic nitrogens is 2. The minimum Gasteiger partial charge on any atom is -0.478 e. The number of nitrogen functional groups attached to an aromatic ring is 1. The van der Waals surface area contributed by atoms with E-state index in [1.54, 1.807) is 0 Å². The van der Waals surface area contributed by atoms with Gasteiger partial charge in [0, 0.05) is 11.9 Å². The molecule has 0 atom stereocenters. The first-order chi connectivity index (χ1) is 8.79. The Balaban J connectivity index is 2.45. The second kappa shape index (κ2) is 4.30. The van der Waals surface area contributed by atoms with Crippen LogP contribution in [0, 0.1) is 0 Å². The Kier molecular flexibility index (Phi) is 2.93. The minimum absolute atomic E-state index is 0.0273. The Morgan fingerprint density at radius 1 is 1.32 bits per heavy atom. The summed E-state index contributed by atoms with van der Waals surface area (Å²) in [5.41, 5.74) is 4.41. The number of aromatic carboxylic acids is 1. The number of benzene rings is 1. The second-order valence-electron chi connectivity index (χ2n) is 3.72. The predicted octanol–water partition coefficient (Wildman–Crippen LogP) is 2.17. The van der Waals surface area contributed by atoms with Crippen LogP contribution in [-0.4, -0.2) is 20.9 Å². The van der Waals surface area contributed by atoms with Crippen LogP contribution >= 0.6 is 0 Å². The molecular weight excluding hydrogens is 263 g/mol. The van der Waals surface area contributed by atoms with Crippen LogP contribution in [0.3, 0.4) is 0 Å². The average Bonchev–Trinajstić information content (AvgIpc) is 2.78. The quantitative estimate of drug-likeness (QED) is 0.820. The van der Waals surface area contributed by atoms with E-state index in [0.717, 1.165) is 23.0 Å². The Labute approximate surface area is 105 Å². The summed E-state index contributed by atoms with van der Waals surface area (Å²) < 4.78 is 38.1. The minimum atomic E-state index is -4.55. The van der Waals surface area contributed by atoms with Gasteiger partial charge in [-0.2, -0.15) is 18.3 Å². The van der Waals surface area contributed by atoms with Crippen molar-refractivity contribution in [3.63, 3.8) is 0 Å². The lowest BCUT2D eigenvalue weighted by atomic mass is 10.1. The summed E-state index contributed by atoms with van der Waals surface area (Å²) in [6, 6.07) is 4.64. The van der Waals surface area contributed by atoms with Crippen molar-refractivity contribution in [1.82, 2.24) is 9.78 Å². The van der Waals surface area contributed by atoms with Gasteiger partial charge in [0.05, 0.1) is 11.3 Å². The number of carboxylic acids is 1. The number of rotatable bonds is 2. The van der Waals surface area contributed by atoms with Crippen LogP contribution in [0.2, 0.25) is 0 Å². The zero-order chi connectivity index (χ0) is 14.2. The Morgan fingerprint density at radius 2 is 2.00 bits per heavy atom. The number of hydrogen-bond donors (Lipinski definition) is 2. The van der Waals surface area contributed by atoms with Crippen molar-refractivity contribution in [2.75, 3.05) is 5.73 Å². The summed E-state index contributed by atoms with van der Waals surface area (Å²) in [6.45, 7) is 0. The Hall–Kier alpha value is -2.51. The maximum absolute atomic E-state index is 12.4. The highest BCUT2D eigenvalue weighted by Crippen LogP contribution is 2.28. The molecule has 0 radical (unpaired) electrons. The van der Waals surface area contributed by atoms with Crippen molar-refractivity contribution in [2.45, 2.75) is 6.18 Å². The number of halogens is 3. The van der Waals surface area contributed by atoms with E-state index in [-0.39, 0.29) is 16.9 Å². The van der Waals surface area contributed by atoms with E-state index in [1.165, 1.54) is 12.1 Å². The van der Waals surface area contributed by atoms with Gasteiger partial charge in [0.2, 0.25) is 0 Å². The molecule has 2 aromatic rings. The molecule has 0 bridgehead atoms. The smallest absolute Gasteiger partial charge is 0.435 e. The van der Waals surface area contributed by atoms with Crippen molar-refractivity contribution < 1.29 is 23.1 Å². The second-order valence-corrected chi connectivity index (χ2v) is 3.72. The third-order valence-electron chi connectivity index (χ3n) is 2.41. The topological polar surface area (TPSA) is 81.1 Å². The molecule has 1 aromatic carbocycles. The highest BCUT2D eigenvalue weighted by molar-refractivity contribution is 5.94. The number of carboxylic acid groups (broad SMARTS) is 1. The van der Waals surface area contributed by atoms with E-state index in [1.807, 2.05) is 0 Å². The first-order valence-corrected chi connectivity index (χ1v) is 5.05. The standard InChI is InChI=1S/C11H8F3N3O2/c12-11(13,14)9-3-4-17(16-9)6-1-2-8(15)7(5-6)10(18)19/h1-5H,15H2,(H,18,19). The third kappa shape index (κ3) is 2.51. The molecule has 1 heterocycles. The van der Waals surface area contributed by atoms with Crippen LogP contribution in [0.4, 0.5) is 18.9 Å². The molecule has 0 unspecified atom stereocenters. The van der Waals surface area contributed by atoms with Crippen molar-refractivity contribution >= 4 is 11.7 Å². The van der Waals surface area contributed by atoms with Crippen LogP contribution in [0.1, 0.15) is 16.1 Å². The van der Waals surface area contributed by atoms with Gasteiger partial charge in [-0.25, -0.2) is 9.48 Å². The van der Waals surface area contributed by atoms with E-state index in [4.69, 9.17) is 10.8 Å². The van der Waals surface area contributed by atoms with Gasteiger partial charge in [-0.3, -0.25) is 0 Å². The monoisotopic (exact) mass is 271 g/mol. The molecule has 0 spiro atoms. The molecule has 0 saturated heterocycles. The fraction of sp³-hybridized carbons (Fsp3) is 0.0909. The molecule has 19 heavy (non-hydrogen) atoms. The lowest BCUT2D eigenvalue weighted by Crippen LogP contribution is -2.08. The number of alkyl halides is 3. The van der Waals surface area contributed by atoms with E-state index in [9.17, 15) is 18.0 Å². The molecule has 0 aliphatic rings. The molecule has 0 aliphatic carbocycles. The molecule has 3 N–H and O–H groups in total. The maximum Gasteiger partial charge on any atom is 0.435 e. The van der Waals surface area contributed by atoms with Gasteiger partial charge in [-0.15, -0.1) is 0 Å². The van der Waals surface area contributed by atoms with Crippen LogP contribution in [0.5, 0.6) is 0 Å². The van der Waals surface area contributed by atoms with Crippen molar-refractivity contribution in [2.24, 2.45) is 0 Å². The normalized spacial score (nSPS) is 11.5. The van der Waals surface area contributed by atoms with E-state index >= 15 is 0 Å². The van der Waals surface area contributed by atoms with Crippen molar-refractivity contribution in [3.8, 4) is 5.69 Å². The zero-order valence-electron chi connectivity index (χ0n) is 9.35. The average molecular weight is 271 g/mol. The lowest BCUT2D eigenvalue weighted by molar-refractivity contribution is -0.141. The first kappa shape index (κ1) is 12.9. The fourth-order valence-electron chi connectivity index (χ4n) is 1.49. The summed E-state index contributed by atoms with van der Waals surface area (Å²) in [6.07, 6.45) is -3.45. The van der Waals surface area contributed by atoms with Gasteiger partial charge in [-0.05, 0) is 24.3 Å². The van der Waals surface area contributed by atoms with Crippen LogP contribution in [-0.2, 0) is 6.18 Å². The number of anilines is 1. The lowest BCUT2D eigenvalue weighted by Gasteiger charge is -2.06. The Bertz CT molecular complexity index is 634. The molecule has 100 valence electrons. The van der Waals surface area contributed by atoms with Gasteiger partial charge >= 0.3 is 12.1 Å². The zero-order valence-corrected chi connectivity index (χ0v) is 9.35. The van der Waals surface area contributed by atoms with Gasteiger partial charge in [-0.1, -0.05) is 0 Å². The largest absolute Gasteiger partial charge is 0.478 e. The predicted molar refractivity (Wildman–Crippen MR) is 59.9 cm³/mol. The van der Waals surface area contributed by atoms with E-state index < -0.39 is 17.8 Å². The van der Waals surface area contributed by atoms with Gasteiger partial charge in [0.1, 0.15) is 0 Å². The highest BCUT2D eigenvalue weighted by atomic mass is 19.4. The van der Waals surface area contributed by atoms with Crippen LogP contribution < -0.4 is 5.73 Å². The summed E-state index contributed by atoms with van der Waals surface area (Å²) >= 11 is 0. The first-order valence-electron chi connectivity index (χ1n) is 5.05. The van der Waals surface area contributed by atoms with Gasteiger partial charge < -0.3 is 10.8 Å². The number of nitrogens with two attached hydrogens (primary N) is 1. The van der Waals surface area contributed by atoms with Gasteiger partial charge in [0.15, 0.2) is 5.69 Å². The molecule has 0 aliphatic heterocycles. The molecule has 1 aromatic heterocycles.